The molecule has 1 fully saturated rings. The molecule has 0 radical (unpaired) electrons. The van der Waals surface area contributed by atoms with Crippen molar-refractivity contribution in [2.75, 3.05) is 20.1 Å². The number of hydrogen-bond acceptors (Lipinski definition) is 6. The van der Waals surface area contributed by atoms with E-state index in [-0.39, 0.29) is 23.4 Å². The molecule has 1 aromatic rings. The lowest BCUT2D eigenvalue weighted by Crippen LogP contribution is -2.57. The Morgan fingerprint density at radius 3 is 2.18 bits per heavy atom. The molecule has 1 aliphatic rings. The number of hydrogen-bond donors (Lipinski definition) is 2. The van der Waals surface area contributed by atoms with Gasteiger partial charge in [0.2, 0.25) is 11.8 Å². The van der Waals surface area contributed by atoms with Gasteiger partial charge < -0.3 is 20.3 Å². The minimum Gasteiger partial charge on any atom is -0.342 e. The summed E-state index contributed by atoms with van der Waals surface area (Å²) < 4.78 is 0. The van der Waals surface area contributed by atoms with Gasteiger partial charge >= 0.3 is 0 Å². The maximum Gasteiger partial charge on any atom is 0.245 e. The predicted octanol–water partition coefficient (Wildman–Crippen LogP) is 3.65. The molecule has 8 nitrogen and oxygen atoms in total. The van der Waals surface area contributed by atoms with Gasteiger partial charge in [-0.25, -0.2) is 0 Å². The molecule has 2 N–H and O–H groups in total. The quantitative estimate of drug-likeness (QED) is 0.204. The van der Waals surface area contributed by atoms with Crippen LogP contribution >= 0.6 is 0 Å². The summed E-state index contributed by atoms with van der Waals surface area (Å²) in [4.78, 5) is 59.5. The van der Waals surface area contributed by atoms with Crippen LogP contribution in [0.25, 0.3) is 0 Å². The Bertz CT molecular complexity index is 894. The van der Waals surface area contributed by atoms with Crippen LogP contribution in [0.1, 0.15) is 84.6 Å². The summed E-state index contributed by atoms with van der Waals surface area (Å²) in [5.74, 6) is -0.352. The molecule has 0 aromatic heterocycles. The van der Waals surface area contributed by atoms with Crippen molar-refractivity contribution in [2.24, 2.45) is 5.92 Å². The number of benzene rings is 1. The Balaban J connectivity index is 0.000000420. The van der Waals surface area contributed by atoms with Gasteiger partial charge in [0.05, 0.1) is 11.5 Å². The van der Waals surface area contributed by atoms with Gasteiger partial charge in [-0.15, -0.1) is 0 Å². The molecule has 38 heavy (non-hydrogen) atoms. The van der Waals surface area contributed by atoms with Crippen molar-refractivity contribution in [3.8, 4) is 0 Å². The average molecular weight is 530 g/mol. The van der Waals surface area contributed by atoms with Gasteiger partial charge in [-0.05, 0) is 59.1 Å². The zero-order valence-corrected chi connectivity index (χ0v) is 23.9. The fraction of sp³-hybridized carbons (Fsp3) is 0.633. The van der Waals surface area contributed by atoms with Gasteiger partial charge in [-0.1, -0.05) is 50.1 Å². The van der Waals surface area contributed by atoms with Crippen molar-refractivity contribution in [3.05, 3.63) is 35.9 Å². The van der Waals surface area contributed by atoms with Gasteiger partial charge in [0.15, 0.2) is 0 Å². The molecular formula is C30H47N3O5. The van der Waals surface area contributed by atoms with Gasteiger partial charge in [0.1, 0.15) is 23.9 Å². The first-order valence-electron chi connectivity index (χ1n) is 13.9. The van der Waals surface area contributed by atoms with Crippen LogP contribution in [0, 0.1) is 5.92 Å². The number of unbranched alkanes of at least 4 members (excludes halogenated alkanes) is 2. The number of likely N-dealkylation sites (tertiary alicyclic amines) is 1. The highest BCUT2D eigenvalue weighted by molar-refractivity contribution is 5.92. The van der Waals surface area contributed by atoms with E-state index >= 15 is 0 Å². The van der Waals surface area contributed by atoms with E-state index in [1.807, 2.05) is 56.0 Å². The first kappa shape index (κ1) is 33.2. The van der Waals surface area contributed by atoms with Gasteiger partial charge in [0, 0.05) is 32.4 Å². The first-order chi connectivity index (χ1) is 18.0. The number of amides is 2. The standard InChI is InChI=1S/C18H27N3O2.C12H20O3/c1-18(2,19-3)17(23)20-15(13-14-9-5-4-6-10-14)16(22)21-11-7-8-12-21;1-3-12(15)8-6-4-5-7-11(9-13)10(2)14/h4-6,9-10,15,19H,7-8,11-13H2,1-3H3,(H,20,23);9,11H,3-8H2,1-2H3/t15-;11-/m00/s1. The number of likely N-dealkylation sites (N-methyl/N-ethyl adjacent to an activating group) is 1. The second-order valence-electron chi connectivity index (χ2n) is 10.5. The summed E-state index contributed by atoms with van der Waals surface area (Å²) >= 11 is 0. The van der Waals surface area contributed by atoms with Crippen LogP contribution < -0.4 is 10.6 Å². The molecule has 2 atom stereocenters. The van der Waals surface area contributed by atoms with Gasteiger partial charge in [-0.3, -0.25) is 19.2 Å². The van der Waals surface area contributed by atoms with Crippen molar-refractivity contribution in [2.45, 2.75) is 97.1 Å². The van der Waals surface area contributed by atoms with E-state index < -0.39 is 17.5 Å². The lowest BCUT2D eigenvalue weighted by atomic mass is 9.98. The summed E-state index contributed by atoms with van der Waals surface area (Å²) in [6.45, 7) is 8.50. The van der Waals surface area contributed by atoms with Crippen LogP contribution in [0.2, 0.25) is 0 Å². The fourth-order valence-electron chi connectivity index (χ4n) is 4.07. The Kier molecular flexibility index (Phi) is 15.4. The number of carbonyl (C=O) groups is 5. The molecule has 0 spiro atoms. The SMILES string of the molecule is CCC(=O)CCCCC[C@@H](C=O)C(C)=O.CNC(C)(C)C(=O)N[C@@H](Cc1ccccc1)C(=O)N1CCCC1. The zero-order valence-electron chi connectivity index (χ0n) is 23.9. The average Bonchev–Trinajstić information content (AvgIpc) is 3.45. The minimum absolute atomic E-state index is 0.0200. The highest BCUT2D eigenvalue weighted by Gasteiger charge is 2.32. The Hall–Kier alpha value is -2.87. The second kappa shape index (κ2) is 17.6. The third-order valence-electron chi connectivity index (χ3n) is 7.05. The number of rotatable bonds is 15. The summed E-state index contributed by atoms with van der Waals surface area (Å²) in [5, 5.41) is 5.92. The Labute approximate surface area is 228 Å². The summed E-state index contributed by atoms with van der Waals surface area (Å²) in [7, 11) is 1.74. The molecule has 0 saturated carbocycles. The van der Waals surface area contributed by atoms with Gasteiger partial charge in [-0.2, -0.15) is 0 Å². The molecule has 1 aliphatic heterocycles. The molecule has 2 amide bonds. The van der Waals surface area contributed by atoms with Crippen molar-refractivity contribution < 1.29 is 24.0 Å². The summed E-state index contributed by atoms with van der Waals surface area (Å²) in [6.07, 6.45) is 7.81. The van der Waals surface area contributed by atoms with Gasteiger partial charge in [0.25, 0.3) is 0 Å². The molecule has 1 heterocycles. The highest BCUT2D eigenvalue weighted by Crippen LogP contribution is 2.14. The van der Waals surface area contributed by atoms with Crippen LogP contribution in [-0.4, -0.2) is 66.3 Å². The van der Waals surface area contributed by atoms with E-state index in [2.05, 4.69) is 10.6 Å². The van der Waals surface area contributed by atoms with Crippen molar-refractivity contribution >= 4 is 29.7 Å². The molecule has 0 bridgehead atoms. The van der Waals surface area contributed by atoms with Crippen LogP contribution in [-0.2, 0) is 30.4 Å². The summed E-state index contributed by atoms with van der Waals surface area (Å²) in [6, 6.07) is 9.30. The molecule has 2 rings (SSSR count). The molecule has 212 valence electrons. The highest BCUT2D eigenvalue weighted by atomic mass is 16.2. The lowest BCUT2D eigenvalue weighted by molar-refractivity contribution is -0.137. The van der Waals surface area contributed by atoms with E-state index in [1.165, 1.54) is 6.92 Å². The molecule has 1 aromatic carbocycles. The maximum atomic E-state index is 12.8. The third kappa shape index (κ3) is 12.1. The van der Waals surface area contributed by atoms with Crippen LogP contribution in [0.15, 0.2) is 30.3 Å². The fourth-order valence-corrected chi connectivity index (χ4v) is 4.07. The Morgan fingerprint density at radius 1 is 1.03 bits per heavy atom. The number of carbonyl (C=O) groups excluding carboxylic acids is 5. The van der Waals surface area contributed by atoms with Crippen LogP contribution in [0.4, 0.5) is 0 Å². The number of nitrogens with one attached hydrogen (secondary N) is 2. The number of Topliss-reactive ketones (excluding diaryl/α,β-unsaturated/α-hetero) is 2. The predicted molar refractivity (Wildman–Crippen MR) is 150 cm³/mol. The maximum absolute atomic E-state index is 12.8. The molecule has 1 saturated heterocycles. The Morgan fingerprint density at radius 2 is 1.66 bits per heavy atom. The molecular weight excluding hydrogens is 482 g/mol. The zero-order chi connectivity index (χ0) is 28.6. The number of ketones is 2. The second-order valence-corrected chi connectivity index (χ2v) is 10.5. The third-order valence-corrected chi connectivity index (χ3v) is 7.05. The lowest BCUT2D eigenvalue weighted by Gasteiger charge is -2.29. The van der Waals surface area contributed by atoms with E-state index in [0.29, 0.717) is 25.7 Å². The monoisotopic (exact) mass is 529 g/mol. The molecule has 8 heteroatoms. The molecule has 0 aliphatic carbocycles. The first-order valence-corrected chi connectivity index (χ1v) is 13.9. The van der Waals surface area contributed by atoms with E-state index in [1.54, 1.807) is 7.05 Å². The number of aldehydes is 1. The van der Waals surface area contributed by atoms with Crippen molar-refractivity contribution in [3.63, 3.8) is 0 Å². The largest absolute Gasteiger partial charge is 0.342 e. The van der Waals surface area contributed by atoms with Crippen molar-refractivity contribution in [1.82, 2.24) is 15.5 Å². The van der Waals surface area contributed by atoms with Crippen LogP contribution in [0.5, 0.6) is 0 Å². The van der Waals surface area contributed by atoms with E-state index in [0.717, 1.165) is 57.0 Å². The normalized spacial score (nSPS) is 14.6. The van der Waals surface area contributed by atoms with E-state index in [4.69, 9.17) is 0 Å². The van der Waals surface area contributed by atoms with Crippen LogP contribution in [0.3, 0.4) is 0 Å². The summed E-state index contributed by atoms with van der Waals surface area (Å²) in [5.41, 5.74) is 0.341. The number of nitrogens with zero attached hydrogens (tertiary/aromatic N) is 1. The molecule has 0 unspecified atom stereocenters. The van der Waals surface area contributed by atoms with E-state index in [9.17, 15) is 24.0 Å². The van der Waals surface area contributed by atoms with Crippen molar-refractivity contribution in [1.29, 1.82) is 0 Å². The minimum atomic E-state index is -0.708. The topological polar surface area (TPSA) is 113 Å². The smallest absolute Gasteiger partial charge is 0.245 e.